The Bertz CT molecular complexity index is 816. The first-order valence-electron chi connectivity index (χ1n) is 9.48. The number of anilines is 3. The number of carbonyl (C=O) groups excluding carboxylic acids is 1. The van der Waals surface area contributed by atoms with Crippen molar-refractivity contribution in [3.8, 4) is 0 Å². The molecule has 0 aliphatic rings. The number of amides is 1. The zero-order chi connectivity index (χ0) is 20.9. The van der Waals surface area contributed by atoms with Gasteiger partial charge in [0.25, 0.3) is 5.91 Å². The van der Waals surface area contributed by atoms with Crippen molar-refractivity contribution in [3.63, 3.8) is 0 Å². The number of pyridine rings is 1. The zero-order valence-corrected chi connectivity index (χ0v) is 17.3. The molecule has 0 saturated carbocycles. The fraction of sp³-hybridized carbons (Fsp3) is 0.500. The smallest absolute Gasteiger partial charge is 0.271 e. The number of nitrogens with two attached hydrogens (primary N) is 2. The van der Waals surface area contributed by atoms with Crippen LogP contribution in [0.4, 0.5) is 17.3 Å². The Hall–Kier alpha value is -2.74. The summed E-state index contributed by atoms with van der Waals surface area (Å²) in [5.74, 6) is 0.899. The number of hydrogen-bond acceptors (Lipinski definition) is 7. The Labute approximate surface area is 166 Å². The summed E-state index contributed by atoms with van der Waals surface area (Å²) in [4.78, 5) is 16.4. The van der Waals surface area contributed by atoms with E-state index in [0.717, 1.165) is 12.1 Å². The molecule has 0 saturated heterocycles. The van der Waals surface area contributed by atoms with Crippen molar-refractivity contribution in [2.75, 3.05) is 17.2 Å². The minimum Gasteiger partial charge on any atom is -0.366 e. The van der Waals surface area contributed by atoms with E-state index in [9.17, 15) is 4.79 Å². The van der Waals surface area contributed by atoms with Gasteiger partial charge >= 0.3 is 0 Å². The number of carbonyl (C=O) groups is 1. The molecule has 2 atom stereocenters. The molecule has 0 bridgehead atoms. The van der Waals surface area contributed by atoms with Crippen LogP contribution >= 0.6 is 0 Å². The first-order valence-corrected chi connectivity index (χ1v) is 9.48. The topological polar surface area (TPSA) is 132 Å². The lowest BCUT2D eigenvalue weighted by Gasteiger charge is -2.20. The molecule has 28 heavy (non-hydrogen) atoms. The van der Waals surface area contributed by atoms with Crippen molar-refractivity contribution in [1.29, 1.82) is 0 Å². The number of rotatable bonds is 8. The van der Waals surface area contributed by atoms with E-state index in [1.54, 1.807) is 6.07 Å². The summed E-state index contributed by atoms with van der Waals surface area (Å²) in [5.41, 5.74) is 12.5. The first-order chi connectivity index (χ1) is 13.1. The van der Waals surface area contributed by atoms with Gasteiger partial charge in [-0.25, -0.2) is 4.98 Å². The molecular weight excluding hydrogens is 354 g/mol. The molecular formula is C20H31N7O. The second-order valence-electron chi connectivity index (χ2n) is 8.26. The Morgan fingerprint density at radius 3 is 2.50 bits per heavy atom. The molecule has 0 aromatic carbocycles. The Morgan fingerprint density at radius 2 is 1.89 bits per heavy atom. The highest BCUT2D eigenvalue weighted by Gasteiger charge is 2.18. The van der Waals surface area contributed by atoms with Gasteiger partial charge < -0.3 is 22.1 Å². The maximum Gasteiger partial charge on any atom is 0.271 e. The van der Waals surface area contributed by atoms with Gasteiger partial charge in [0.2, 0.25) is 0 Å². The highest BCUT2D eigenvalue weighted by molar-refractivity contribution is 5.97. The highest BCUT2D eigenvalue weighted by atomic mass is 16.1. The van der Waals surface area contributed by atoms with Crippen LogP contribution in [0, 0.1) is 5.92 Å². The van der Waals surface area contributed by atoms with Gasteiger partial charge in [-0.05, 0) is 37.9 Å². The quantitative estimate of drug-likeness (QED) is 0.549. The van der Waals surface area contributed by atoms with Crippen molar-refractivity contribution in [2.24, 2.45) is 17.4 Å². The number of nitrogens with one attached hydrogen (secondary N) is 2. The molecule has 0 radical (unpaired) electrons. The third kappa shape index (κ3) is 5.88. The maximum atomic E-state index is 11.8. The van der Waals surface area contributed by atoms with Crippen LogP contribution in [0.25, 0.3) is 0 Å². The Kier molecular flexibility index (Phi) is 6.90. The van der Waals surface area contributed by atoms with Crippen LogP contribution in [-0.2, 0) is 5.41 Å². The van der Waals surface area contributed by atoms with E-state index in [4.69, 9.17) is 11.5 Å². The SMILES string of the molecule is CC(CN)CC(C)Nc1cc(Nc2cccc(C(C)(C)C)n2)c(C(N)=O)nn1. The van der Waals surface area contributed by atoms with Crippen LogP contribution < -0.4 is 22.1 Å². The van der Waals surface area contributed by atoms with E-state index in [1.165, 1.54) is 0 Å². The van der Waals surface area contributed by atoms with E-state index < -0.39 is 5.91 Å². The summed E-state index contributed by atoms with van der Waals surface area (Å²) in [5, 5.41) is 14.5. The lowest BCUT2D eigenvalue weighted by molar-refractivity contribution is 0.0995. The predicted octanol–water partition coefficient (Wildman–Crippen LogP) is 2.80. The first kappa shape index (κ1) is 21.6. The molecule has 6 N–H and O–H groups in total. The average molecular weight is 386 g/mol. The largest absolute Gasteiger partial charge is 0.366 e. The summed E-state index contributed by atoms with van der Waals surface area (Å²) < 4.78 is 0. The van der Waals surface area contributed by atoms with Gasteiger partial charge in [-0.15, -0.1) is 10.2 Å². The van der Waals surface area contributed by atoms with Crippen LogP contribution in [0.5, 0.6) is 0 Å². The van der Waals surface area contributed by atoms with E-state index in [2.05, 4.69) is 60.4 Å². The molecule has 0 spiro atoms. The molecule has 2 heterocycles. The van der Waals surface area contributed by atoms with E-state index in [0.29, 0.717) is 29.8 Å². The van der Waals surface area contributed by atoms with Crippen molar-refractivity contribution < 1.29 is 4.79 Å². The third-order valence-corrected chi connectivity index (χ3v) is 4.36. The van der Waals surface area contributed by atoms with Crippen molar-refractivity contribution in [3.05, 3.63) is 35.7 Å². The zero-order valence-electron chi connectivity index (χ0n) is 17.3. The van der Waals surface area contributed by atoms with Gasteiger partial charge in [-0.1, -0.05) is 33.8 Å². The van der Waals surface area contributed by atoms with E-state index >= 15 is 0 Å². The summed E-state index contributed by atoms with van der Waals surface area (Å²) in [6.45, 7) is 11.0. The Balaban J connectivity index is 2.28. The molecule has 152 valence electrons. The summed E-state index contributed by atoms with van der Waals surface area (Å²) in [7, 11) is 0. The van der Waals surface area contributed by atoms with Gasteiger partial charge in [0.05, 0.1) is 5.69 Å². The third-order valence-electron chi connectivity index (χ3n) is 4.36. The molecule has 2 aromatic rings. The minimum absolute atomic E-state index is 0.0662. The molecule has 0 fully saturated rings. The monoisotopic (exact) mass is 385 g/mol. The maximum absolute atomic E-state index is 11.8. The molecule has 2 rings (SSSR count). The molecule has 8 nitrogen and oxygen atoms in total. The number of nitrogens with zero attached hydrogens (tertiary/aromatic N) is 3. The number of aromatic nitrogens is 3. The van der Waals surface area contributed by atoms with Crippen LogP contribution in [-0.4, -0.2) is 33.7 Å². The predicted molar refractivity (Wildman–Crippen MR) is 113 cm³/mol. The molecule has 0 aliphatic carbocycles. The van der Waals surface area contributed by atoms with Crippen molar-refractivity contribution >= 4 is 23.2 Å². The van der Waals surface area contributed by atoms with Gasteiger partial charge in [0.15, 0.2) is 11.5 Å². The van der Waals surface area contributed by atoms with Crippen molar-refractivity contribution in [1.82, 2.24) is 15.2 Å². The van der Waals surface area contributed by atoms with E-state index in [1.807, 2.05) is 18.2 Å². The molecule has 2 aromatic heterocycles. The fourth-order valence-electron chi connectivity index (χ4n) is 2.81. The van der Waals surface area contributed by atoms with Crippen LogP contribution in [0.3, 0.4) is 0 Å². The second kappa shape index (κ2) is 8.97. The second-order valence-corrected chi connectivity index (χ2v) is 8.26. The van der Waals surface area contributed by atoms with Gasteiger partial charge in [-0.3, -0.25) is 4.79 Å². The van der Waals surface area contributed by atoms with Crippen LogP contribution in [0.2, 0.25) is 0 Å². The van der Waals surface area contributed by atoms with Gasteiger partial charge in [0.1, 0.15) is 5.82 Å². The van der Waals surface area contributed by atoms with Crippen LogP contribution in [0.1, 0.15) is 57.2 Å². The van der Waals surface area contributed by atoms with Crippen molar-refractivity contribution in [2.45, 2.75) is 52.5 Å². The summed E-state index contributed by atoms with van der Waals surface area (Å²) in [6.07, 6.45) is 0.897. The fourth-order valence-corrected chi connectivity index (χ4v) is 2.81. The summed E-state index contributed by atoms with van der Waals surface area (Å²) in [6, 6.07) is 7.60. The summed E-state index contributed by atoms with van der Waals surface area (Å²) >= 11 is 0. The number of hydrogen-bond donors (Lipinski definition) is 4. The standard InChI is InChI=1S/C20H31N7O/c1-12(11-21)9-13(2)23-17-10-14(18(19(22)28)27-26-17)24-16-8-6-7-15(25-16)20(3,4)5/h6-8,10,12-13H,9,11,21H2,1-5H3,(H2,22,28)(H2,23,24,25,26). The Morgan fingerprint density at radius 1 is 1.18 bits per heavy atom. The van der Waals surface area contributed by atoms with Gasteiger partial charge in [-0.2, -0.15) is 0 Å². The molecule has 0 aliphatic heterocycles. The van der Waals surface area contributed by atoms with Gasteiger partial charge in [0, 0.05) is 23.2 Å². The highest BCUT2D eigenvalue weighted by Crippen LogP contribution is 2.25. The van der Waals surface area contributed by atoms with Crippen LogP contribution in [0.15, 0.2) is 24.3 Å². The normalized spacial score (nSPS) is 13.6. The minimum atomic E-state index is -0.654. The molecule has 1 amide bonds. The molecule has 8 heteroatoms. The average Bonchev–Trinajstić information content (AvgIpc) is 2.61. The molecule has 2 unspecified atom stereocenters. The lowest BCUT2D eigenvalue weighted by atomic mass is 9.92. The van der Waals surface area contributed by atoms with E-state index in [-0.39, 0.29) is 17.2 Å². The lowest BCUT2D eigenvalue weighted by Crippen LogP contribution is -2.24. The number of primary amides is 1.